The quantitative estimate of drug-likeness (QED) is 0.470. The van der Waals surface area contributed by atoms with Crippen LogP contribution in [0, 0.1) is 13.8 Å². The molecular weight excluding hydrogens is 386 g/mol. The van der Waals surface area contributed by atoms with Gasteiger partial charge in [-0.05, 0) is 74.7 Å². The molecule has 3 aromatic rings. The molecule has 4 heteroatoms. The fourth-order valence-electron chi connectivity index (χ4n) is 3.63. The first-order valence-corrected chi connectivity index (χ1v) is 10.6. The summed E-state index contributed by atoms with van der Waals surface area (Å²) in [4.78, 5) is 13.0. The zero-order valence-corrected chi connectivity index (χ0v) is 18.9. The van der Waals surface area contributed by atoms with E-state index in [-0.39, 0.29) is 17.9 Å². The molecule has 0 unspecified atom stereocenters. The molecular formula is C27H31NO3. The fourth-order valence-corrected chi connectivity index (χ4v) is 3.63. The molecule has 0 aliphatic heterocycles. The SMILES string of the molecule is COc1ccccc1[C@H](CC(=O)Nc1ccc(C)c(C)c1)c1ccc(OC(C)C)cc1. The Morgan fingerprint density at radius 2 is 1.65 bits per heavy atom. The van der Waals surface area contributed by atoms with Crippen LogP contribution in [-0.4, -0.2) is 19.1 Å². The van der Waals surface area contributed by atoms with Gasteiger partial charge in [0.1, 0.15) is 11.5 Å². The Bertz CT molecular complexity index is 1020. The summed E-state index contributed by atoms with van der Waals surface area (Å²) in [5, 5.41) is 3.05. The Hall–Kier alpha value is -3.27. The van der Waals surface area contributed by atoms with Crippen molar-refractivity contribution in [1.29, 1.82) is 0 Å². The second-order valence-corrected chi connectivity index (χ2v) is 8.08. The van der Waals surface area contributed by atoms with E-state index < -0.39 is 0 Å². The molecule has 3 aromatic carbocycles. The van der Waals surface area contributed by atoms with Crippen LogP contribution in [0.4, 0.5) is 5.69 Å². The number of ether oxygens (including phenoxy) is 2. The molecule has 162 valence electrons. The first-order valence-electron chi connectivity index (χ1n) is 10.6. The van der Waals surface area contributed by atoms with E-state index in [9.17, 15) is 4.79 Å². The number of amides is 1. The van der Waals surface area contributed by atoms with Crippen molar-refractivity contribution in [2.24, 2.45) is 0 Å². The monoisotopic (exact) mass is 417 g/mol. The molecule has 1 amide bonds. The van der Waals surface area contributed by atoms with Crippen LogP contribution >= 0.6 is 0 Å². The van der Waals surface area contributed by atoms with E-state index in [4.69, 9.17) is 9.47 Å². The van der Waals surface area contributed by atoms with Crippen LogP contribution in [0.3, 0.4) is 0 Å². The first kappa shape index (κ1) is 22.4. The van der Waals surface area contributed by atoms with Crippen LogP contribution in [-0.2, 0) is 4.79 Å². The molecule has 0 bridgehead atoms. The molecule has 0 aromatic heterocycles. The van der Waals surface area contributed by atoms with Gasteiger partial charge in [0.2, 0.25) is 5.91 Å². The lowest BCUT2D eigenvalue weighted by Gasteiger charge is -2.21. The summed E-state index contributed by atoms with van der Waals surface area (Å²) in [6, 6.07) is 21.8. The highest BCUT2D eigenvalue weighted by molar-refractivity contribution is 5.91. The molecule has 3 rings (SSSR count). The third-order valence-electron chi connectivity index (χ3n) is 5.35. The molecule has 1 N–H and O–H groups in total. The second-order valence-electron chi connectivity index (χ2n) is 8.08. The van der Waals surface area contributed by atoms with Gasteiger partial charge in [-0.2, -0.15) is 0 Å². The molecule has 0 saturated carbocycles. The number of hydrogen-bond donors (Lipinski definition) is 1. The van der Waals surface area contributed by atoms with E-state index in [0.29, 0.717) is 6.42 Å². The van der Waals surface area contributed by atoms with Gasteiger partial charge in [0.25, 0.3) is 0 Å². The number of methoxy groups -OCH3 is 1. The average Bonchev–Trinajstić information content (AvgIpc) is 2.75. The van der Waals surface area contributed by atoms with Crippen molar-refractivity contribution < 1.29 is 14.3 Å². The maximum absolute atomic E-state index is 13.0. The number of benzene rings is 3. The summed E-state index contributed by atoms with van der Waals surface area (Å²) in [6.07, 6.45) is 0.414. The van der Waals surface area contributed by atoms with Gasteiger partial charge in [0.15, 0.2) is 0 Å². The maximum Gasteiger partial charge on any atom is 0.225 e. The topological polar surface area (TPSA) is 47.6 Å². The lowest BCUT2D eigenvalue weighted by Crippen LogP contribution is -2.17. The molecule has 0 radical (unpaired) electrons. The van der Waals surface area contributed by atoms with Gasteiger partial charge in [0, 0.05) is 23.6 Å². The predicted molar refractivity (Wildman–Crippen MR) is 126 cm³/mol. The van der Waals surface area contributed by atoms with Crippen molar-refractivity contribution in [2.75, 3.05) is 12.4 Å². The van der Waals surface area contributed by atoms with Gasteiger partial charge in [-0.1, -0.05) is 36.4 Å². The van der Waals surface area contributed by atoms with E-state index in [0.717, 1.165) is 33.9 Å². The Labute approximate surface area is 185 Å². The van der Waals surface area contributed by atoms with Crippen LogP contribution in [0.1, 0.15) is 48.4 Å². The van der Waals surface area contributed by atoms with E-state index in [2.05, 4.69) is 12.2 Å². The lowest BCUT2D eigenvalue weighted by molar-refractivity contribution is -0.116. The maximum atomic E-state index is 13.0. The molecule has 0 saturated heterocycles. The summed E-state index contributed by atoms with van der Waals surface area (Å²) in [6.45, 7) is 8.11. The zero-order valence-electron chi connectivity index (χ0n) is 18.9. The molecule has 0 spiro atoms. The Kier molecular flexibility index (Phi) is 7.35. The van der Waals surface area contributed by atoms with Crippen LogP contribution in [0.5, 0.6) is 11.5 Å². The second kappa shape index (κ2) is 10.2. The molecule has 0 aliphatic carbocycles. The smallest absolute Gasteiger partial charge is 0.225 e. The Balaban J connectivity index is 1.88. The number of nitrogens with one attached hydrogen (secondary N) is 1. The van der Waals surface area contributed by atoms with Gasteiger partial charge >= 0.3 is 0 Å². The van der Waals surface area contributed by atoms with Gasteiger partial charge in [-0.25, -0.2) is 0 Å². The van der Waals surface area contributed by atoms with Crippen molar-refractivity contribution in [3.05, 3.63) is 89.0 Å². The summed E-state index contributed by atoms with van der Waals surface area (Å²) >= 11 is 0. The van der Waals surface area contributed by atoms with E-state index in [1.165, 1.54) is 5.56 Å². The van der Waals surface area contributed by atoms with Crippen molar-refractivity contribution in [1.82, 2.24) is 0 Å². The minimum atomic E-state index is -0.143. The van der Waals surface area contributed by atoms with E-state index in [1.807, 2.05) is 87.5 Å². The number of carbonyl (C=O) groups is 1. The van der Waals surface area contributed by atoms with Gasteiger partial charge < -0.3 is 14.8 Å². The van der Waals surface area contributed by atoms with Gasteiger partial charge in [-0.15, -0.1) is 0 Å². The number of anilines is 1. The fraction of sp³-hybridized carbons (Fsp3) is 0.296. The molecule has 31 heavy (non-hydrogen) atoms. The van der Waals surface area contributed by atoms with Crippen molar-refractivity contribution in [3.8, 4) is 11.5 Å². The van der Waals surface area contributed by atoms with Crippen molar-refractivity contribution >= 4 is 11.6 Å². The molecule has 0 aliphatic rings. The standard InChI is InChI=1S/C27H31NO3/c1-18(2)31-23-14-11-21(12-15-23)25(24-8-6-7-9-26(24)30-5)17-27(29)28-22-13-10-19(3)20(4)16-22/h6-16,18,25H,17H2,1-5H3,(H,28,29)/t25-/m1/s1. The zero-order chi connectivity index (χ0) is 22.4. The molecule has 1 atom stereocenters. The number of rotatable bonds is 8. The summed E-state index contributed by atoms with van der Waals surface area (Å²) in [5.74, 6) is 1.41. The molecule has 4 nitrogen and oxygen atoms in total. The minimum absolute atomic E-state index is 0.0401. The molecule has 0 heterocycles. The van der Waals surface area contributed by atoms with Crippen LogP contribution in [0.2, 0.25) is 0 Å². The Morgan fingerprint density at radius 1 is 0.935 bits per heavy atom. The lowest BCUT2D eigenvalue weighted by atomic mass is 9.87. The van der Waals surface area contributed by atoms with Crippen LogP contribution in [0.25, 0.3) is 0 Å². The largest absolute Gasteiger partial charge is 0.496 e. The first-order chi connectivity index (χ1) is 14.9. The predicted octanol–water partition coefficient (Wildman–Crippen LogP) is 6.26. The van der Waals surface area contributed by atoms with E-state index in [1.54, 1.807) is 7.11 Å². The third-order valence-corrected chi connectivity index (χ3v) is 5.35. The average molecular weight is 418 g/mol. The van der Waals surface area contributed by atoms with Crippen LogP contribution < -0.4 is 14.8 Å². The highest BCUT2D eigenvalue weighted by atomic mass is 16.5. The Morgan fingerprint density at radius 3 is 2.29 bits per heavy atom. The van der Waals surface area contributed by atoms with E-state index >= 15 is 0 Å². The number of carbonyl (C=O) groups excluding carboxylic acids is 1. The highest BCUT2D eigenvalue weighted by Crippen LogP contribution is 2.35. The van der Waals surface area contributed by atoms with Gasteiger partial charge in [0.05, 0.1) is 13.2 Å². The van der Waals surface area contributed by atoms with Crippen molar-refractivity contribution in [3.63, 3.8) is 0 Å². The highest BCUT2D eigenvalue weighted by Gasteiger charge is 2.22. The third kappa shape index (κ3) is 5.88. The minimum Gasteiger partial charge on any atom is -0.496 e. The van der Waals surface area contributed by atoms with Gasteiger partial charge in [-0.3, -0.25) is 4.79 Å². The summed E-state index contributed by atoms with van der Waals surface area (Å²) in [5.41, 5.74) is 5.19. The van der Waals surface area contributed by atoms with Crippen LogP contribution in [0.15, 0.2) is 66.7 Å². The van der Waals surface area contributed by atoms with Crippen molar-refractivity contribution in [2.45, 2.75) is 46.1 Å². The normalized spacial score (nSPS) is 11.8. The number of hydrogen-bond acceptors (Lipinski definition) is 3. The number of aryl methyl sites for hydroxylation is 2. The molecule has 0 fully saturated rings. The summed E-state index contributed by atoms with van der Waals surface area (Å²) in [7, 11) is 1.66. The summed E-state index contributed by atoms with van der Waals surface area (Å²) < 4.78 is 11.4. The number of para-hydroxylation sites is 1.